The Hall–Kier alpha value is -1.06. The molecule has 0 fully saturated rings. The van der Waals surface area contributed by atoms with Crippen molar-refractivity contribution in [1.82, 2.24) is 5.32 Å². The number of hydrogen-bond donors (Lipinski definition) is 2. The second kappa shape index (κ2) is 5.87. The molecule has 0 heterocycles. The first-order valence-corrected chi connectivity index (χ1v) is 5.64. The molecular formula is C12H23NO3. The monoisotopic (exact) mass is 229 g/mol. The minimum Gasteiger partial charge on any atom is -0.481 e. The third-order valence-electron chi connectivity index (χ3n) is 2.69. The van der Waals surface area contributed by atoms with Crippen LogP contribution in [0.2, 0.25) is 0 Å². The largest absolute Gasteiger partial charge is 0.481 e. The number of amides is 1. The number of carbonyl (C=O) groups excluding carboxylic acids is 1. The van der Waals surface area contributed by atoms with E-state index in [-0.39, 0.29) is 29.6 Å². The van der Waals surface area contributed by atoms with Crippen LogP contribution in [0.25, 0.3) is 0 Å². The van der Waals surface area contributed by atoms with Gasteiger partial charge in [0.25, 0.3) is 0 Å². The molecule has 0 spiro atoms. The number of carbonyl (C=O) groups is 2. The van der Waals surface area contributed by atoms with E-state index in [0.717, 1.165) is 0 Å². The molecule has 94 valence electrons. The van der Waals surface area contributed by atoms with Gasteiger partial charge in [0.1, 0.15) is 0 Å². The van der Waals surface area contributed by atoms with E-state index >= 15 is 0 Å². The summed E-state index contributed by atoms with van der Waals surface area (Å²) >= 11 is 0. The van der Waals surface area contributed by atoms with Crippen LogP contribution < -0.4 is 5.32 Å². The topological polar surface area (TPSA) is 66.4 Å². The van der Waals surface area contributed by atoms with Crippen molar-refractivity contribution in [2.45, 2.75) is 41.0 Å². The maximum absolute atomic E-state index is 11.4. The molecule has 0 aliphatic carbocycles. The summed E-state index contributed by atoms with van der Waals surface area (Å²) in [7, 11) is 0. The quantitative estimate of drug-likeness (QED) is 0.756. The first kappa shape index (κ1) is 14.9. The van der Waals surface area contributed by atoms with Gasteiger partial charge in [-0.05, 0) is 11.3 Å². The number of nitrogens with one attached hydrogen (secondary N) is 1. The lowest BCUT2D eigenvalue weighted by Gasteiger charge is -2.29. The van der Waals surface area contributed by atoms with Gasteiger partial charge in [-0.1, -0.05) is 34.6 Å². The van der Waals surface area contributed by atoms with Crippen LogP contribution in [0.4, 0.5) is 0 Å². The van der Waals surface area contributed by atoms with Crippen LogP contribution in [-0.4, -0.2) is 23.5 Å². The van der Waals surface area contributed by atoms with Crippen LogP contribution in [0.15, 0.2) is 0 Å². The molecule has 0 saturated heterocycles. The van der Waals surface area contributed by atoms with Gasteiger partial charge < -0.3 is 10.4 Å². The van der Waals surface area contributed by atoms with Crippen molar-refractivity contribution in [3.05, 3.63) is 0 Å². The first-order valence-electron chi connectivity index (χ1n) is 5.64. The molecule has 1 unspecified atom stereocenters. The molecule has 1 amide bonds. The van der Waals surface area contributed by atoms with Crippen LogP contribution in [0.5, 0.6) is 0 Å². The average molecular weight is 229 g/mol. The second-order valence-corrected chi connectivity index (χ2v) is 5.56. The molecule has 0 aromatic rings. The van der Waals surface area contributed by atoms with E-state index in [2.05, 4.69) is 5.32 Å². The van der Waals surface area contributed by atoms with Crippen molar-refractivity contribution in [2.75, 3.05) is 6.54 Å². The van der Waals surface area contributed by atoms with Crippen LogP contribution in [0.1, 0.15) is 41.0 Å². The van der Waals surface area contributed by atoms with Gasteiger partial charge in [-0.15, -0.1) is 0 Å². The highest BCUT2D eigenvalue weighted by Gasteiger charge is 2.27. The Morgan fingerprint density at radius 1 is 1.25 bits per heavy atom. The number of hydrogen-bond acceptors (Lipinski definition) is 2. The lowest BCUT2D eigenvalue weighted by molar-refractivity contribution is -0.139. The van der Waals surface area contributed by atoms with E-state index in [9.17, 15) is 9.59 Å². The maximum atomic E-state index is 11.4. The third-order valence-corrected chi connectivity index (χ3v) is 2.69. The van der Waals surface area contributed by atoms with Crippen molar-refractivity contribution in [3.63, 3.8) is 0 Å². The van der Waals surface area contributed by atoms with Crippen molar-refractivity contribution in [1.29, 1.82) is 0 Å². The molecule has 0 saturated carbocycles. The van der Waals surface area contributed by atoms with Crippen molar-refractivity contribution < 1.29 is 14.7 Å². The van der Waals surface area contributed by atoms with E-state index in [0.29, 0.717) is 6.54 Å². The smallest absolute Gasteiger partial charge is 0.303 e. The van der Waals surface area contributed by atoms with Crippen LogP contribution >= 0.6 is 0 Å². The Labute approximate surface area is 97.4 Å². The number of aliphatic carboxylic acids is 1. The number of carboxylic acid groups (broad SMARTS) is 1. The van der Waals surface area contributed by atoms with Crippen LogP contribution in [0, 0.1) is 17.3 Å². The Morgan fingerprint density at radius 3 is 2.06 bits per heavy atom. The van der Waals surface area contributed by atoms with E-state index in [1.54, 1.807) is 0 Å². The van der Waals surface area contributed by atoms with Crippen LogP contribution in [0.3, 0.4) is 0 Å². The fourth-order valence-electron chi connectivity index (χ4n) is 1.32. The normalized spacial score (nSPS) is 13.6. The van der Waals surface area contributed by atoms with Gasteiger partial charge in [0.15, 0.2) is 0 Å². The molecule has 4 nitrogen and oxygen atoms in total. The van der Waals surface area contributed by atoms with E-state index < -0.39 is 5.97 Å². The summed E-state index contributed by atoms with van der Waals surface area (Å²) < 4.78 is 0. The molecule has 16 heavy (non-hydrogen) atoms. The average Bonchev–Trinajstić information content (AvgIpc) is 2.08. The molecule has 1 atom stereocenters. The van der Waals surface area contributed by atoms with Gasteiger partial charge in [-0.3, -0.25) is 9.59 Å². The SMILES string of the molecule is CC(C)C(=O)NCC(CC(=O)O)C(C)(C)C. The third kappa shape index (κ3) is 5.73. The lowest BCUT2D eigenvalue weighted by atomic mass is 9.78. The summed E-state index contributed by atoms with van der Waals surface area (Å²) in [4.78, 5) is 22.1. The Kier molecular flexibility index (Phi) is 5.48. The van der Waals surface area contributed by atoms with Crippen molar-refractivity contribution in [3.8, 4) is 0 Å². The predicted octanol–water partition coefficient (Wildman–Crippen LogP) is 1.90. The fourth-order valence-corrected chi connectivity index (χ4v) is 1.32. The molecule has 0 rings (SSSR count). The van der Waals surface area contributed by atoms with Gasteiger partial charge >= 0.3 is 5.97 Å². The fraction of sp³-hybridized carbons (Fsp3) is 0.833. The molecule has 0 aromatic carbocycles. The van der Waals surface area contributed by atoms with Crippen LogP contribution in [-0.2, 0) is 9.59 Å². The summed E-state index contributed by atoms with van der Waals surface area (Å²) in [6.07, 6.45) is 0.0852. The summed E-state index contributed by atoms with van der Waals surface area (Å²) in [5.74, 6) is -0.962. The minimum absolute atomic E-state index is 0.0281. The van der Waals surface area contributed by atoms with Crippen molar-refractivity contribution >= 4 is 11.9 Å². The van der Waals surface area contributed by atoms with Gasteiger partial charge in [-0.2, -0.15) is 0 Å². The van der Waals surface area contributed by atoms with E-state index in [4.69, 9.17) is 5.11 Å². The van der Waals surface area contributed by atoms with E-state index in [1.165, 1.54) is 0 Å². The highest BCUT2D eigenvalue weighted by Crippen LogP contribution is 2.28. The summed E-state index contributed by atoms with van der Waals surface area (Å²) in [5.41, 5.74) is -0.122. The predicted molar refractivity (Wildman–Crippen MR) is 63.0 cm³/mol. The Morgan fingerprint density at radius 2 is 1.75 bits per heavy atom. The molecular weight excluding hydrogens is 206 g/mol. The zero-order valence-corrected chi connectivity index (χ0v) is 10.8. The molecule has 0 aliphatic heterocycles. The van der Waals surface area contributed by atoms with Gasteiger partial charge in [0.05, 0.1) is 6.42 Å². The highest BCUT2D eigenvalue weighted by molar-refractivity contribution is 5.77. The molecule has 0 aliphatic rings. The second-order valence-electron chi connectivity index (χ2n) is 5.56. The zero-order valence-electron chi connectivity index (χ0n) is 10.8. The van der Waals surface area contributed by atoms with Gasteiger partial charge in [0.2, 0.25) is 5.91 Å². The standard InChI is InChI=1S/C12H23NO3/c1-8(2)11(16)13-7-9(6-10(14)15)12(3,4)5/h8-9H,6-7H2,1-5H3,(H,13,16)(H,14,15). The highest BCUT2D eigenvalue weighted by atomic mass is 16.4. The Balaban J connectivity index is 4.34. The molecule has 0 radical (unpaired) electrons. The molecule has 4 heteroatoms. The maximum Gasteiger partial charge on any atom is 0.303 e. The zero-order chi connectivity index (χ0) is 12.9. The number of rotatable bonds is 5. The number of carboxylic acids is 1. The summed E-state index contributed by atoms with van der Waals surface area (Å²) in [5, 5.41) is 11.6. The lowest BCUT2D eigenvalue weighted by Crippen LogP contribution is -2.38. The molecule has 0 bridgehead atoms. The summed E-state index contributed by atoms with van der Waals surface area (Å²) in [6, 6.07) is 0. The first-order chi connectivity index (χ1) is 7.14. The van der Waals surface area contributed by atoms with Gasteiger partial charge in [-0.25, -0.2) is 0 Å². The van der Waals surface area contributed by atoms with Crippen molar-refractivity contribution in [2.24, 2.45) is 17.3 Å². The molecule has 2 N–H and O–H groups in total. The minimum atomic E-state index is -0.821. The van der Waals surface area contributed by atoms with E-state index in [1.807, 2.05) is 34.6 Å². The van der Waals surface area contributed by atoms with Gasteiger partial charge in [0, 0.05) is 12.5 Å². The Bertz CT molecular complexity index is 253. The summed E-state index contributed by atoms with van der Waals surface area (Å²) in [6.45, 7) is 10.0. The molecule has 0 aromatic heterocycles.